The van der Waals surface area contributed by atoms with Crippen LogP contribution in [0.5, 0.6) is 11.6 Å². The summed E-state index contributed by atoms with van der Waals surface area (Å²) >= 11 is 1.16. The quantitative estimate of drug-likeness (QED) is 0.349. The van der Waals surface area contributed by atoms with Crippen molar-refractivity contribution in [3.05, 3.63) is 58.7 Å². The number of carbonyl (C=O) groups excluding carboxylic acids is 2. The molecule has 1 aromatic carbocycles. The summed E-state index contributed by atoms with van der Waals surface area (Å²) in [6, 6.07) is 10.4. The van der Waals surface area contributed by atoms with Crippen LogP contribution in [0.1, 0.15) is 47.0 Å². The number of aliphatic hydroxyl groups is 1. The molecule has 1 aliphatic rings. The Kier molecular flexibility index (Phi) is 5.95. The standard InChI is InChI=1S/C23H22N6O4S/c1-2-16(30)23-24-11-17(34-23)22(32)25-14-4-3-5-15(10-14)33-20-9-8-19-26-18(12-29(19)28-20)27-21(31)13-6-7-13/h3-5,8-13,16,30H,2,6-7H2,1H3,(H,25,32)(H,27,31). The van der Waals surface area contributed by atoms with E-state index in [-0.39, 0.29) is 17.7 Å². The van der Waals surface area contributed by atoms with Crippen LogP contribution in [0.4, 0.5) is 11.5 Å². The number of carbonyl (C=O) groups is 2. The molecule has 1 atom stereocenters. The van der Waals surface area contributed by atoms with Crippen molar-refractivity contribution in [3.8, 4) is 11.6 Å². The predicted octanol–water partition coefficient (Wildman–Crippen LogP) is 4.02. The zero-order valence-corrected chi connectivity index (χ0v) is 19.1. The van der Waals surface area contributed by atoms with Crippen LogP contribution in [0.2, 0.25) is 0 Å². The second kappa shape index (κ2) is 9.20. The van der Waals surface area contributed by atoms with E-state index in [1.165, 1.54) is 10.7 Å². The number of aromatic nitrogens is 4. The van der Waals surface area contributed by atoms with Gasteiger partial charge in [-0.3, -0.25) is 9.59 Å². The van der Waals surface area contributed by atoms with E-state index in [0.717, 1.165) is 24.2 Å². The van der Waals surface area contributed by atoms with E-state index in [2.05, 4.69) is 25.7 Å². The normalized spacial score (nSPS) is 14.1. The van der Waals surface area contributed by atoms with Crippen molar-refractivity contribution in [3.63, 3.8) is 0 Å². The van der Waals surface area contributed by atoms with Gasteiger partial charge in [-0.2, -0.15) is 0 Å². The number of nitrogens with one attached hydrogen (secondary N) is 2. The Bertz CT molecular complexity index is 1360. The average molecular weight is 479 g/mol. The average Bonchev–Trinajstić information content (AvgIpc) is 3.43. The number of aliphatic hydroxyl groups excluding tert-OH is 1. The van der Waals surface area contributed by atoms with E-state index in [1.807, 2.05) is 6.92 Å². The molecule has 0 aliphatic heterocycles. The van der Waals surface area contributed by atoms with Gasteiger partial charge < -0.3 is 20.5 Å². The zero-order chi connectivity index (χ0) is 23.7. The van der Waals surface area contributed by atoms with Crippen LogP contribution in [0.15, 0.2) is 48.8 Å². The number of nitrogens with zero attached hydrogens (tertiary/aromatic N) is 4. The maximum absolute atomic E-state index is 12.6. The first-order valence-electron chi connectivity index (χ1n) is 10.9. The summed E-state index contributed by atoms with van der Waals surface area (Å²) in [4.78, 5) is 33.4. The Balaban J connectivity index is 1.26. The van der Waals surface area contributed by atoms with Gasteiger partial charge in [-0.25, -0.2) is 14.5 Å². The van der Waals surface area contributed by atoms with Crippen molar-refractivity contribution in [1.82, 2.24) is 19.6 Å². The largest absolute Gasteiger partial charge is 0.438 e. The van der Waals surface area contributed by atoms with Crippen molar-refractivity contribution < 1.29 is 19.4 Å². The molecule has 5 rings (SSSR count). The monoisotopic (exact) mass is 478 g/mol. The van der Waals surface area contributed by atoms with Gasteiger partial charge in [-0.15, -0.1) is 16.4 Å². The van der Waals surface area contributed by atoms with Crippen LogP contribution < -0.4 is 15.4 Å². The smallest absolute Gasteiger partial charge is 0.267 e. The number of imidazole rings is 1. The molecule has 4 aromatic rings. The summed E-state index contributed by atoms with van der Waals surface area (Å²) in [5, 5.41) is 20.4. The fourth-order valence-corrected chi connectivity index (χ4v) is 4.11. The molecule has 11 heteroatoms. The Morgan fingerprint density at radius 2 is 2.12 bits per heavy atom. The van der Waals surface area contributed by atoms with Gasteiger partial charge in [0.2, 0.25) is 11.8 Å². The third kappa shape index (κ3) is 4.90. The Morgan fingerprint density at radius 3 is 2.91 bits per heavy atom. The molecule has 0 bridgehead atoms. The fourth-order valence-electron chi connectivity index (χ4n) is 3.23. The third-order valence-electron chi connectivity index (χ3n) is 5.23. The minimum atomic E-state index is -0.672. The fraction of sp³-hybridized carbons (Fsp3) is 0.261. The topological polar surface area (TPSA) is 131 Å². The molecule has 0 radical (unpaired) electrons. The van der Waals surface area contributed by atoms with Gasteiger partial charge in [0.25, 0.3) is 5.91 Å². The lowest BCUT2D eigenvalue weighted by atomic mass is 10.3. The number of anilines is 2. The van der Waals surface area contributed by atoms with E-state index >= 15 is 0 Å². The van der Waals surface area contributed by atoms with E-state index in [9.17, 15) is 14.7 Å². The third-order valence-corrected chi connectivity index (χ3v) is 6.33. The van der Waals surface area contributed by atoms with Crippen molar-refractivity contribution in [2.75, 3.05) is 10.6 Å². The molecule has 3 N–H and O–H groups in total. The number of thiazole rings is 1. The van der Waals surface area contributed by atoms with Crippen molar-refractivity contribution >= 4 is 40.3 Å². The van der Waals surface area contributed by atoms with Gasteiger partial charge in [-0.05, 0) is 37.5 Å². The molecule has 0 saturated heterocycles. The van der Waals surface area contributed by atoms with E-state index < -0.39 is 6.10 Å². The molecule has 0 spiro atoms. The van der Waals surface area contributed by atoms with Crippen LogP contribution in [0.25, 0.3) is 5.65 Å². The van der Waals surface area contributed by atoms with Crippen molar-refractivity contribution in [1.29, 1.82) is 0 Å². The molecule has 10 nitrogen and oxygen atoms in total. The number of benzene rings is 1. The van der Waals surface area contributed by atoms with E-state index in [4.69, 9.17) is 4.74 Å². The summed E-state index contributed by atoms with van der Waals surface area (Å²) in [5.74, 6) is 1.01. The first-order chi connectivity index (χ1) is 16.5. The molecule has 3 aromatic heterocycles. The molecular formula is C23H22N6O4S. The van der Waals surface area contributed by atoms with Crippen LogP contribution in [0.3, 0.4) is 0 Å². The summed E-state index contributed by atoms with van der Waals surface area (Å²) < 4.78 is 7.40. The molecule has 1 aliphatic carbocycles. The molecule has 1 unspecified atom stereocenters. The maximum atomic E-state index is 12.6. The van der Waals surface area contributed by atoms with Crippen LogP contribution >= 0.6 is 11.3 Å². The Morgan fingerprint density at radius 1 is 1.26 bits per heavy atom. The van der Waals surface area contributed by atoms with Crippen molar-refractivity contribution in [2.24, 2.45) is 5.92 Å². The lowest BCUT2D eigenvalue weighted by Gasteiger charge is -2.08. The number of fused-ring (bicyclic) bond motifs is 1. The minimum Gasteiger partial charge on any atom is -0.438 e. The van der Waals surface area contributed by atoms with Gasteiger partial charge in [0.1, 0.15) is 21.7 Å². The molecule has 174 valence electrons. The van der Waals surface area contributed by atoms with Crippen molar-refractivity contribution in [2.45, 2.75) is 32.3 Å². The number of amides is 2. The molecule has 1 fully saturated rings. The minimum absolute atomic E-state index is 0.0187. The summed E-state index contributed by atoms with van der Waals surface area (Å²) in [6.45, 7) is 1.85. The molecule has 3 heterocycles. The molecule has 1 saturated carbocycles. The maximum Gasteiger partial charge on any atom is 0.267 e. The highest BCUT2D eigenvalue weighted by Crippen LogP contribution is 2.30. The molecule has 34 heavy (non-hydrogen) atoms. The Hall–Kier alpha value is -3.83. The second-order valence-corrected chi connectivity index (χ2v) is 9.00. The molecule has 2 amide bonds. The number of rotatable bonds is 8. The zero-order valence-electron chi connectivity index (χ0n) is 18.3. The lowest BCUT2D eigenvalue weighted by Crippen LogP contribution is -2.13. The summed E-state index contributed by atoms with van der Waals surface area (Å²) in [6.07, 6.45) is 4.79. The highest BCUT2D eigenvalue weighted by Gasteiger charge is 2.30. The van der Waals surface area contributed by atoms with E-state index in [0.29, 0.717) is 45.1 Å². The van der Waals surface area contributed by atoms with Gasteiger partial charge in [0.05, 0.1) is 12.4 Å². The van der Waals surface area contributed by atoms with Gasteiger partial charge in [0.15, 0.2) is 11.5 Å². The Labute approximate surface area is 198 Å². The SMILES string of the molecule is CCC(O)c1ncc(C(=O)Nc2cccc(Oc3ccc4nc(NC(=O)C5CC5)cn4n3)c2)s1. The number of hydrogen-bond donors (Lipinski definition) is 3. The van der Waals surface area contributed by atoms with Gasteiger partial charge in [0, 0.05) is 23.7 Å². The van der Waals surface area contributed by atoms with Gasteiger partial charge >= 0.3 is 0 Å². The van der Waals surface area contributed by atoms with E-state index in [1.54, 1.807) is 42.6 Å². The molecular weight excluding hydrogens is 456 g/mol. The second-order valence-electron chi connectivity index (χ2n) is 7.93. The highest BCUT2D eigenvalue weighted by molar-refractivity contribution is 7.13. The van der Waals surface area contributed by atoms with Crippen LogP contribution in [-0.2, 0) is 4.79 Å². The van der Waals surface area contributed by atoms with Crippen LogP contribution in [-0.4, -0.2) is 36.5 Å². The number of hydrogen-bond acceptors (Lipinski definition) is 8. The number of ether oxygens (including phenoxy) is 1. The van der Waals surface area contributed by atoms with Gasteiger partial charge in [-0.1, -0.05) is 13.0 Å². The highest BCUT2D eigenvalue weighted by atomic mass is 32.1. The first kappa shape index (κ1) is 22.0. The summed E-state index contributed by atoms with van der Waals surface area (Å²) in [5.41, 5.74) is 1.12. The predicted molar refractivity (Wildman–Crippen MR) is 126 cm³/mol. The van der Waals surface area contributed by atoms with Crippen LogP contribution in [0, 0.1) is 5.92 Å². The summed E-state index contributed by atoms with van der Waals surface area (Å²) in [7, 11) is 0. The lowest BCUT2D eigenvalue weighted by molar-refractivity contribution is -0.117. The first-order valence-corrected chi connectivity index (χ1v) is 11.7.